The normalized spacial score (nSPS) is 8.33. The lowest BCUT2D eigenvalue weighted by Gasteiger charge is -2.09. The number of pyridine rings is 1. The second kappa shape index (κ2) is 18.7. The largest absolute Gasteiger partial charge is 0.380 e. The first kappa shape index (κ1) is 27.2. The monoisotopic (exact) mass is 388 g/mol. The third kappa shape index (κ3) is 10.0. The molecule has 0 unspecified atom stereocenters. The number of hydrogen-bond acceptors (Lipinski definition) is 2. The lowest BCUT2D eigenvalue weighted by molar-refractivity contribution is 1.15. The number of aromatic nitrogens is 1. The minimum atomic E-state index is 0.709. The van der Waals surface area contributed by atoms with E-state index in [0.717, 1.165) is 23.1 Å². The van der Waals surface area contributed by atoms with Gasteiger partial charge in [-0.2, -0.15) is 0 Å². The van der Waals surface area contributed by atoms with Crippen molar-refractivity contribution in [2.75, 3.05) is 5.32 Å². The van der Waals surface area contributed by atoms with Crippen molar-refractivity contribution in [3.8, 4) is 0 Å². The summed E-state index contributed by atoms with van der Waals surface area (Å²) in [5.74, 6) is 0. The molecule has 0 amide bonds. The zero-order valence-electron chi connectivity index (χ0n) is 18.3. The minimum absolute atomic E-state index is 0.709. The van der Waals surface area contributed by atoms with Crippen LogP contribution in [-0.2, 0) is 6.54 Å². The van der Waals surface area contributed by atoms with Gasteiger partial charge in [-0.25, -0.2) is 0 Å². The highest BCUT2D eigenvalue weighted by molar-refractivity contribution is 6.31. The highest BCUT2D eigenvalue weighted by Gasteiger charge is 2.02. The highest BCUT2D eigenvalue weighted by atomic mass is 35.5. The molecule has 0 radical (unpaired) electrons. The van der Waals surface area contributed by atoms with Crippen LogP contribution < -0.4 is 5.32 Å². The van der Waals surface area contributed by atoms with Gasteiger partial charge in [0.05, 0.1) is 5.52 Å². The van der Waals surface area contributed by atoms with E-state index in [-0.39, 0.29) is 0 Å². The van der Waals surface area contributed by atoms with Gasteiger partial charge in [0.2, 0.25) is 0 Å². The Balaban J connectivity index is 0. The van der Waals surface area contributed by atoms with Crippen molar-refractivity contribution in [1.82, 2.24) is 4.98 Å². The third-order valence-electron chi connectivity index (χ3n) is 3.03. The number of anilines is 1. The standard InChI is InChI=1S/C16H13ClN2.4C2H6/c17-13-6-7-14-15(8-9-18-16(14)10-13)19-11-12-4-2-1-3-5-12;4*1-2/h1-10H,11H2,(H,18,19);4*1-2H3. The molecule has 0 atom stereocenters. The molecular weight excluding hydrogens is 352 g/mol. The van der Waals surface area contributed by atoms with Gasteiger partial charge in [-0.1, -0.05) is 97.3 Å². The van der Waals surface area contributed by atoms with Gasteiger partial charge in [0, 0.05) is 28.8 Å². The van der Waals surface area contributed by atoms with Crippen LogP contribution in [0.3, 0.4) is 0 Å². The van der Waals surface area contributed by atoms with Gasteiger partial charge in [-0.15, -0.1) is 0 Å². The summed E-state index contributed by atoms with van der Waals surface area (Å²) in [4.78, 5) is 4.33. The van der Waals surface area contributed by atoms with E-state index in [1.165, 1.54) is 5.56 Å². The summed E-state index contributed by atoms with van der Waals surface area (Å²) in [6.45, 7) is 16.8. The fourth-order valence-corrected chi connectivity index (χ4v) is 2.23. The molecule has 0 bridgehead atoms. The Hall–Kier alpha value is -2.06. The van der Waals surface area contributed by atoms with Crippen molar-refractivity contribution in [2.24, 2.45) is 0 Å². The smallest absolute Gasteiger partial charge is 0.0737 e. The van der Waals surface area contributed by atoms with Crippen LogP contribution in [0.25, 0.3) is 10.9 Å². The molecule has 0 spiro atoms. The predicted molar refractivity (Wildman–Crippen MR) is 126 cm³/mol. The summed E-state index contributed by atoms with van der Waals surface area (Å²) in [6.07, 6.45) is 1.80. The van der Waals surface area contributed by atoms with Gasteiger partial charge < -0.3 is 5.32 Å². The molecule has 3 rings (SSSR count). The summed E-state index contributed by atoms with van der Waals surface area (Å²) >= 11 is 5.98. The molecule has 2 aromatic carbocycles. The Kier molecular flexibility index (Phi) is 18.8. The van der Waals surface area contributed by atoms with Crippen LogP contribution in [0.4, 0.5) is 5.69 Å². The average Bonchev–Trinajstić information content (AvgIpc) is 2.78. The van der Waals surface area contributed by atoms with E-state index in [9.17, 15) is 0 Å². The molecule has 3 heteroatoms. The zero-order valence-corrected chi connectivity index (χ0v) is 19.1. The number of hydrogen-bond donors (Lipinski definition) is 1. The molecule has 0 saturated heterocycles. The molecule has 0 aliphatic heterocycles. The highest BCUT2D eigenvalue weighted by Crippen LogP contribution is 2.24. The van der Waals surface area contributed by atoms with E-state index in [1.54, 1.807) is 6.20 Å². The average molecular weight is 389 g/mol. The topological polar surface area (TPSA) is 24.9 Å². The summed E-state index contributed by atoms with van der Waals surface area (Å²) in [5.41, 5.74) is 3.23. The molecule has 0 saturated carbocycles. The molecule has 3 aromatic rings. The number of nitrogens with zero attached hydrogens (tertiary/aromatic N) is 1. The van der Waals surface area contributed by atoms with E-state index in [0.29, 0.717) is 5.02 Å². The van der Waals surface area contributed by atoms with Gasteiger partial charge in [0.15, 0.2) is 0 Å². The first-order chi connectivity index (χ1) is 13.3. The van der Waals surface area contributed by atoms with E-state index >= 15 is 0 Å². The predicted octanol–water partition coefficient (Wildman–Crippen LogP) is 8.61. The second-order valence-electron chi connectivity index (χ2n) is 4.36. The molecule has 0 fully saturated rings. The van der Waals surface area contributed by atoms with Gasteiger partial charge in [0.1, 0.15) is 0 Å². The molecule has 27 heavy (non-hydrogen) atoms. The van der Waals surface area contributed by atoms with Crippen LogP contribution >= 0.6 is 11.6 Å². The first-order valence-corrected chi connectivity index (χ1v) is 10.5. The number of rotatable bonds is 3. The Morgan fingerprint density at radius 3 is 1.96 bits per heavy atom. The maximum absolute atomic E-state index is 5.98. The minimum Gasteiger partial charge on any atom is -0.380 e. The molecule has 0 aliphatic carbocycles. The number of benzene rings is 2. The van der Waals surface area contributed by atoms with E-state index in [4.69, 9.17) is 11.6 Å². The van der Waals surface area contributed by atoms with Gasteiger partial charge in [-0.05, 0) is 29.8 Å². The molecule has 1 aromatic heterocycles. The van der Waals surface area contributed by atoms with Crippen LogP contribution in [0.5, 0.6) is 0 Å². The fourth-order valence-electron chi connectivity index (χ4n) is 2.07. The van der Waals surface area contributed by atoms with Crippen LogP contribution in [0.1, 0.15) is 61.0 Å². The van der Waals surface area contributed by atoms with Gasteiger partial charge in [0.25, 0.3) is 0 Å². The molecule has 1 N–H and O–H groups in total. The molecule has 0 aliphatic rings. The molecular formula is C24H37ClN2. The molecule has 150 valence electrons. The molecule has 2 nitrogen and oxygen atoms in total. The summed E-state index contributed by atoms with van der Waals surface area (Å²) in [5, 5.41) is 5.23. The maximum Gasteiger partial charge on any atom is 0.0737 e. The maximum atomic E-state index is 5.98. The summed E-state index contributed by atoms with van der Waals surface area (Å²) < 4.78 is 0. The SMILES string of the molecule is CC.CC.CC.CC.Clc1ccc2c(NCc3ccccc3)ccnc2c1. The van der Waals surface area contributed by atoms with E-state index < -0.39 is 0 Å². The number of halogens is 1. The second-order valence-corrected chi connectivity index (χ2v) is 4.80. The van der Waals surface area contributed by atoms with Gasteiger partial charge >= 0.3 is 0 Å². The van der Waals surface area contributed by atoms with Crippen molar-refractivity contribution in [1.29, 1.82) is 0 Å². The van der Waals surface area contributed by atoms with Crippen LogP contribution in [0, 0.1) is 0 Å². The van der Waals surface area contributed by atoms with Crippen molar-refractivity contribution in [3.05, 3.63) is 71.4 Å². The molecule has 1 heterocycles. The lowest BCUT2D eigenvalue weighted by Crippen LogP contribution is -2.00. The fraction of sp³-hybridized carbons (Fsp3) is 0.375. The van der Waals surface area contributed by atoms with Crippen molar-refractivity contribution in [2.45, 2.75) is 61.9 Å². The summed E-state index contributed by atoms with van der Waals surface area (Å²) in [6, 6.07) is 18.1. The number of nitrogens with one attached hydrogen (secondary N) is 1. The Morgan fingerprint density at radius 2 is 1.37 bits per heavy atom. The lowest BCUT2D eigenvalue weighted by atomic mass is 10.1. The van der Waals surface area contributed by atoms with Crippen LogP contribution in [0.2, 0.25) is 5.02 Å². The van der Waals surface area contributed by atoms with Crippen molar-refractivity contribution >= 4 is 28.2 Å². The number of fused-ring (bicyclic) bond motifs is 1. The van der Waals surface area contributed by atoms with Crippen LogP contribution in [-0.4, -0.2) is 4.98 Å². The summed E-state index contributed by atoms with van der Waals surface area (Å²) in [7, 11) is 0. The van der Waals surface area contributed by atoms with Crippen molar-refractivity contribution in [3.63, 3.8) is 0 Å². The van der Waals surface area contributed by atoms with Crippen molar-refractivity contribution < 1.29 is 0 Å². The first-order valence-electron chi connectivity index (χ1n) is 10.1. The Morgan fingerprint density at radius 1 is 0.778 bits per heavy atom. The van der Waals surface area contributed by atoms with E-state index in [2.05, 4.69) is 22.4 Å². The quantitative estimate of drug-likeness (QED) is 0.485. The third-order valence-corrected chi connectivity index (χ3v) is 3.27. The Labute approximate surface area is 172 Å². The van der Waals surface area contributed by atoms with E-state index in [1.807, 2.05) is 97.9 Å². The van der Waals surface area contributed by atoms with Crippen LogP contribution in [0.15, 0.2) is 60.8 Å². The Bertz CT molecular complexity index is 697. The van der Waals surface area contributed by atoms with Gasteiger partial charge in [-0.3, -0.25) is 4.98 Å². The zero-order chi connectivity index (χ0) is 21.1.